The van der Waals surface area contributed by atoms with Gasteiger partial charge < -0.3 is 5.32 Å². The molecule has 3 atom stereocenters. The number of hydrogen-bond donors (Lipinski definition) is 1. The molecular weight excluding hydrogens is 218 g/mol. The molecule has 3 heteroatoms. The Morgan fingerprint density at radius 2 is 1.69 bits per heavy atom. The molecule has 2 aliphatic rings. The Kier molecular flexibility index (Phi) is 4.83. The van der Waals surface area contributed by atoms with E-state index < -0.39 is 10.8 Å². The maximum Gasteiger partial charge on any atom is 0.0504 e. The van der Waals surface area contributed by atoms with E-state index >= 15 is 0 Å². The van der Waals surface area contributed by atoms with Crippen molar-refractivity contribution in [3.05, 3.63) is 0 Å². The molecule has 3 unspecified atom stereocenters. The minimum absolute atomic E-state index is 0.441. The van der Waals surface area contributed by atoms with E-state index in [1.807, 2.05) is 0 Å². The van der Waals surface area contributed by atoms with E-state index in [1.165, 1.54) is 51.4 Å². The third-order valence-corrected chi connectivity index (χ3v) is 6.39. The van der Waals surface area contributed by atoms with Crippen LogP contribution in [0.2, 0.25) is 0 Å². The fourth-order valence-corrected chi connectivity index (χ4v) is 5.49. The minimum atomic E-state index is -0.576. The molecule has 2 aliphatic carbocycles. The van der Waals surface area contributed by atoms with Crippen LogP contribution in [0.5, 0.6) is 0 Å². The van der Waals surface area contributed by atoms with Crippen molar-refractivity contribution in [2.24, 2.45) is 0 Å². The molecule has 0 aromatic carbocycles. The van der Waals surface area contributed by atoms with Crippen LogP contribution in [-0.4, -0.2) is 27.3 Å². The van der Waals surface area contributed by atoms with Gasteiger partial charge in [0.15, 0.2) is 0 Å². The molecule has 0 aromatic rings. The second-order valence-corrected chi connectivity index (χ2v) is 7.15. The van der Waals surface area contributed by atoms with Crippen LogP contribution in [0.1, 0.15) is 58.3 Å². The molecule has 16 heavy (non-hydrogen) atoms. The highest BCUT2D eigenvalue weighted by atomic mass is 32.2. The van der Waals surface area contributed by atoms with Gasteiger partial charge in [-0.1, -0.05) is 32.6 Å². The van der Waals surface area contributed by atoms with Gasteiger partial charge in [0.05, 0.1) is 5.25 Å². The van der Waals surface area contributed by atoms with Gasteiger partial charge in [-0.3, -0.25) is 4.21 Å². The Labute approximate surface area is 102 Å². The predicted molar refractivity (Wildman–Crippen MR) is 70.1 cm³/mol. The Morgan fingerprint density at radius 1 is 1.06 bits per heavy atom. The quantitative estimate of drug-likeness (QED) is 0.822. The zero-order valence-electron chi connectivity index (χ0n) is 10.4. The van der Waals surface area contributed by atoms with Crippen LogP contribution in [-0.2, 0) is 10.8 Å². The lowest BCUT2D eigenvalue weighted by Gasteiger charge is -2.33. The molecule has 0 aromatic heterocycles. The van der Waals surface area contributed by atoms with Gasteiger partial charge in [-0.25, -0.2) is 0 Å². The van der Waals surface area contributed by atoms with Crippen molar-refractivity contribution >= 4 is 10.8 Å². The van der Waals surface area contributed by atoms with Gasteiger partial charge in [0.1, 0.15) is 0 Å². The molecule has 0 bridgehead atoms. The van der Waals surface area contributed by atoms with Crippen molar-refractivity contribution in [3.63, 3.8) is 0 Å². The zero-order chi connectivity index (χ0) is 11.4. The second kappa shape index (κ2) is 6.15. The smallest absolute Gasteiger partial charge is 0.0504 e. The Bertz CT molecular complexity index is 236. The highest BCUT2D eigenvalue weighted by Gasteiger charge is 2.34. The molecule has 1 N–H and O–H groups in total. The third-order valence-electron chi connectivity index (χ3n) is 4.10. The Balaban J connectivity index is 1.95. The molecule has 2 nitrogen and oxygen atoms in total. The topological polar surface area (TPSA) is 29.1 Å². The van der Waals surface area contributed by atoms with Gasteiger partial charge in [-0.05, 0) is 32.2 Å². The molecule has 0 amide bonds. The van der Waals surface area contributed by atoms with E-state index in [-0.39, 0.29) is 0 Å². The molecule has 0 saturated heterocycles. The van der Waals surface area contributed by atoms with Crippen LogP contribution >= 0.6 is 0 Å². The second-order valence-electron chi connectivity index (χ2n) is 5.22. The average Bonchev–Trinajstić information content (AvgIpc) is 2.83. The van der Waals surface area contributed by atoms with Gasteiger partial charge >= 0.3 is 0 Å². The lowest BCUT2D eigenvalue weighted by atomic mass is 9.95. The summed E-state index contributed by atoms with van der Waals surface area (Å²) in [6.45, 7) is 3.17. The van der Waals surface area contributed by atoms with Crippen molar-refractivity contribution in [1.82, 2.24) is 5.32 Å². The molecule has 2 fully saturated rings. The highest BCUT2D eigenvalue weighted by Crippen LogP contribution is 2.30. The molecule has 0 aliphatic heterocycles. The summed E-state index contributed by atoms with van der Waals surface area (Å²) in [4.78, 5) is 0. The SMILES string of the molecule is CCNC1CCCCC1S(=O)C1CCCC1. The van der Waals surface area contributed by atoms with E-state index in [0.29, 0.717) is 16.5 Å². The van der Waals surface area contributed by atoms with Crippen LogP contribution in [0, 0.1) is 0 Å². The standard InChI is InChI=1S/C13H25NOS/c1-2-14-12-9-5-6-10-13(12)16(15)11-7-3-4-8-11/h11-14H,2-10H2,1H3. The minimum Gasteiger partial charge on any atom is -0.313 e. The van der Waals surface area contributed by atoms with E-state index in [0.717, 1.165) is 6.54 Å². The fourth-order valence-electron chi connectivity index (χ4n) is 3.24. The van der Waals surface area contributed by atoms with Crippen molar-refractivity contribution in [3.8, 4) is 0 Å². The maximum atomic E-state index is 12.6. The first-order valence-corrected chi connectivity index (χ1v) is 8.23. The summed E-state index contributed by atoms with van der Waals surface area (Å²) < 4.78 is 12.6. The molecule has 0 heterocycles. The largest absolute Gasteiger partial charge is 0.313 e. The van der Waals surface area contributed by atoms with E-state index in [1.54, 1.807) is 0 Å². The summed E-state index contributed by atoms with van der Waals surface area (Å²) >= 11 is 0. The first-order chi connectivity index (χ1) is 7.83. The molecule has 0 radical (unpaired) electrons. The maximum absolute atomic E-state index is 12.6. The summed E-state index contributed by atoms with van der Waals surface area (Å²) in [6.07, 6.45) is 10.0. The van der Waals surface area contributed by atoms with Gasteiger partial charge in [-0.15, -0.1) is 0 Å². The van der Waals surface area contributed by atoms with Crippen LogP contribution in [0.4, 0.5) is 0 Å². The first-order valence-electron chi connectivity index (χ1n) is 6.95. The van der Waals surface area contributed by atoms with Crippen molar-refractivity contribution in [1.29, 1.82) is 0 Å². The summed E-state index contributed by atoms with van der Waals surface area (Å²) in [5, 5.41) is 4.51. The molecule has 2 saturated carbocycles. The Morgan fingerprint density at radius 3 is 2.38 bits per heavy atom. The number of nitrogens with one attached hydrogen (secondary N) is 1. The molecule has 2 rings (SSSR count). The zero-order valence-corrected chi connectivity index (χ0v) is 11.2. The molecular formula is C13H25NOS. The monoisotopic (exact) mass is 243 g/mol. The van der Waals surface area contributed by atoms with E-state index in [2.05, 4.69) is 12.2 Å². The number of hydrogen-bond acceptors (Lipinski definition) is 2. The van der Waals surface area contributed by atoms with Crippen molar-refractivity contribution in [2.75, 3.05) is 6.54 Å². The van der Waals surface area contributed by atoms with E-state index in [9.17, 15) is 4.21 Å². The van der Waals surface area contributed by atoms with Gasteiger partial charge in [0, 0.05) is 22.1 Å². The molecule has 0 spiro atoms. The van der Waals surface area contributed by atoms with Crippen molar-refractivity contribution < 1.29 is 4.21 Å². The highest BCUT2D eigenvalue weighted by molar-refractivity contribution is 7.86. The van der Waals surface area contributed by atoms with Gasteiger partial charge in [0.2, 0.25) is 0 Å². The fraction of sp³-hybridized carbons (Fsp3) is 1.00. The lowest BCUT2D eigenvalue weighted by Crippen LogP contribution is -2.46. The number of rotatable bonds is 4. The summed E-state index contributed by atoms with van der Waals surface area (Å²) in [5.41, 5.74) is 0. The first kappa shape index (κ1) is 12.6. The van der Waals surface area contributed by atoms with Crippen molar-refractivity contribution in [2.45, 2.75) is 74.8 Å². The van der Waals surface area contributed by atoms with Crippen LogP contribution in [0.3, 0.4) is 0 Å². The summed E-state index contributed by atoms with van der Waals surface area (Å²) in [7, 11) is -0.576. The Hall–Kier alpha value is 0.110. The van der Waals surface area contributed by atoms with E-state index in [4.69, 9.17) is 0 Å². The van der Waals surface area contributed by atoms with Gasteiger partial charge in [0.25, 0.3) is 0 Å². The normalized spacial score (nSPS) is 34.1. The lowest BCUT2D eigenvalue weighted by molar-refractivity contribution is 0.383. The summed E-state index contributed by atoms with van der Waals surface area (Å²) in [6, 6.07) is 0.528. The predicted octanol–water partition coefficient (Wildman–Crippen LogP) is 2.60. The van der Waals surface area contributed by atoms with Crippen LogP contribution in [0.25, 0.3) is 0 Å². The van der Waals surface area contributed by atoms with Crippen LogP contribution < -0.4 is 5.32 Å². The average molecular weight is 243 g/mol. The summed E-state index contributed by atoms with van der Waals surface area (Å²) in [5.74, 6) is 0. The third kappa shape index (κ3) is 2.86. The molecule has 94 valence electrons. The van der Waals surface area contributed by atoms with Crippen LogP contribution in [0.15, 0.2) is 0 Å². The van der Waals surface area contributed by atoms with Gasteiger partial charge in [-0.2, -0.15) is 0 Å².